The number of nitrogens with zero attached hydrogens (tertiary/aromatic N) is 1. The maximum Gasteiger partial charge on any atom is 0.345 e. The van der Waals surface area contributed by atoms with Crippen molar-refractivity contribution < 1.29 is 9.90 Å². The summed E-state index contributed by atoms with van der Waals surface area (Å²) >= 11 is 0. The lowest BCUT2D eigenvalue weighted by Crippen LogP contribution is -2.36. The molecule has 0 saturated heterocycles. The number of nitrogens with one attached hydrogen (secondary N) is 2. The molecule has 15 heavy (non-hydrogen) atoms. The summed E-state index contributed by atoms with van der Waals surface area (Å²) in [6, 6.07) is -1.12. The number of carboxylic acid groups (broad SMARTS) is 1. The van der Waals surface area contributed by atoms with Gasteiger partial charge in [0.2, 0.25) is 0 Å². The molecule has 0 aromatic carbocycles. The van der Waals surface area contributed by atoms with Crippen molar-refractivity contribution >= 4 is 5.97 Å². The number of carbonyl (C=O) groups is 1. The third kappa shape index (κ3) is 2.36. The van der Waals surface area contributed by atoms with Crippen molar-refractivity contribution in [2.75, 3.05) is 0 Å². The summed E-state index contributed by atoms with van der Waals surface area (Å²) in [5.74, 6) is -1.11. The minimum atomic E-state index is -1.18. The van der Waals surface area contributed by atoms with E-state index in [0.717, 1.165) is 0 Å². The average molecular weight is 215 g/mol. The maximum absolute atomic E-state index is 11.2. The molecule has 1 unspecified atom stereocenters. The minimum Gasteiger partial charge on any atom is -0.480 e. The summed E-state index contributed by atoms with van der Waals surface area (Å²) in [6.07, 6.45) is 0.232. The number of rotatable bonds is 4. The lowest BCUT2D eigenvalue weighted by Gasteiger charge is -2.13. The van der Waals surface area contributed by atoms with Crippen molar-refractivity contribution in [2.24, 2.45) is 5.92 Å². The molecule has 84 valence electrons. The summed E-state index contributed by atoms with van der Waals surface area (Å²) in [4.78, 5) is 33.3. The van der Waals surface area contributed by atoms with Gasteiger partial charge in [0.05, 0.1) is 0 Å². The number of hydrogen-bond donors (Lipinski definition) is 3. The highest BCUT2D eigenvalue weighted by Gasteiger charge is 2.24. The molecule has 7 heteroatoms. The topological polar surface area (TPSA) is 108 Å². The zero-order chi connectivity index (χ0) is 11.6. The van der Waals surface area contributed by atoms with E-state index >= 15 is 0 Å². The van der Waals surface area contributed by atoms with Crippen LogP contribution in [0.15, 0.2) is 9.59 Å². The average Bonchev–Trinajstić information content (AvgIpc) is 2.42. The molecule has 3 N–H and O–H groups in total. The van der Waals surface area contributed by atoms with E-state index in [1.54, 1.807) is 0 Å². The van der Waals surface area contributed by atoms with E-state index in [1.165, 1.54) is 0 Å². The molecule has 0 fully saturated rings. The van der Waals surface area contributed by atoms with E-state index in [1.807, 2.05) is 13.8 Å². The largest absolute Gasteiger partial charge is 0.480 e. The van der Waals surface area contributed by atoms with Crippen molar-refractivity contribution in [3.8, 4) is 0 Å². The lowest BCUT2D eigenvalue weighted by atomic mass is 10.0. The first kappa shape index (κ1) is 11.3. The summed E-state index contributed by atoms with van der Waals surface area (Å²) in [7, 11) is 0. The van der Waals surface area contributed by atoms with Gasteiger partial charge in [-0.1, -0.05) is 13.8 Å². The molecule has 7 nitrogen and oxygen atoms in total. The number of aromatic amines is 2. The van der Waals surface area contributed by atoms with E-state index in [-0.39, 0.29) is 12.3 Å². The summed E-state index contributed by atoms with van der Waals surface area (Å²) in [5.41, 5.74) is -1.46. The minimum absolute atomic E-state index is 0.0762. The van der Waals surface area contributed by atoms with Gasteiger partial charge in [-0.2, -0.15) is 0 Å². The van der Waals surface area contributed by atoms with Crippen LogP contribution < -0.4 is 11.4 Å². The Morgan fingerprint density at radius 2 is 1.80 bits per heavy atom. The molecule has 0 bridgehead atoms. The van der Waals surface area contributed by atoms with Crippen LogP contribution in [0.4, 0.5) is 0 Å². The Hall–Kier alpha value is -1.79. The normalized spacial score (nSPS) is 13.0. The van der Waals surface area contributed by atoms with Gasteiger partial charge in [0.15, 0.2) is 0 Å². The van der Waals surface area contributed by atoms with Gasteiger partial charge in [0, 0.05) is 0 Å². The lowest BCUT2D eigenvalue weighted by molar-refractivity contribution is -0.141. The fourth-order valence-corrected chi connectivity index (χ4v) is 1.37. The molecule has 0 saturated carbocycles. The van der Waals surface area contributed by atoms with Crippen LogP contribution in [-0.2, 0) is 4.79 Å². The Bertz CT molecular complexity index is 425. The van der Waals surface area contributed by atoms with Gasteiger partial charge in [0.25, 0.3) is 0 Å². The van der Waals surface area contributed by atoms with Gasteiger partial charge in [-0.15, -0.1) is 0 Å². The molecule has 0 aliphatic carbocycles. The monoisotopic (exact) mass is 215 g/mol. The van der Waals surface area contributed by atoms with Crippen molar-refractivity contribution in [3.63, 3.8) is 0 Å². The van der Waals surface area contributed by atoms with Crippen LogP contribution in [-0.4, -0.2) is 25.8 Å². The fourth-order valence-electron chi connectivity index (χ4n) is 1.37. The quantitative estimate of drug-likeness (QED) is 0.631. The van der Waals surface area contributed by atoms with Crippen LogP contribution in [0.2, 0.25) is 0 Å². The zero-order valence-electron chi connectivity index (χ0n) is 8.48. The molecule has 1 aromatic rings. The standard InChI is InChI=1S/C8H13N3O4/c1-4(2)3-5(6(12)13)11-7(14)9-10-8(11)15/h4-5H,3H2,1-2H3,(H,9,14)(H,10,15)(H,12,13). The van der Waals surface area contributed by atoms with Gasteiger partial charge < -0.3 is 5.11 Å². The van der Waals surface area contributed by atoms with E-state index in [9.17, 15) is 14.4 Å². The van der Waals surface area contributed by atoms with E-state index in [2.05, 4.69) is 10.2 Å². The van der Waals surface area contributed by atoms with Gasteiger partial charge in [0.1, 0.15) is 6.04 Å². The number of H-pyrrole nitrogens is 2. The van der Waals surface area contributed by atoms with Crippen LogP contribution in [0.1, 0.15) is 26.3 Å². The highest BCUT2D eigenvalue weighted by Crippen LogP contribution is 2.14. The van der Waals surface area contributed by atoms with E-state index < -0.39 is 23.4 Å². The van der Waals surface area contributed by atoms with Gasteiger partial charge in [-0.05, 0) is 12.3 Å². The van der Waals surface area contributed by atoms with Crippen molar-refractivity contribution in [1.29, 1.82) is 0 Å². The highest BCUT2D eigenvalue weighted by molar-refractivity contribution is 5.71. The van der Waals surface area contributed by atoms with Crippen LogP contribution in [0, 0.1) is 5.92 Å². The maximum atomic E-state index is 11.2. The van der Waals surface area contributed by atoms with Gasteiger partial charge in [-0.3, -0.25) is 0 Å². The molecule has 0 radical (unpaired) electrons. The fraction of sp³-hybridized carbons (Fsp3) is 0.625. The third-order valence-electron chi connectivity index (χ3n) is 2.01. The van der Waals surface area contributed by atoms with Crippen molar-refractivity contribution in [2.45, 2.75) is 26.3 Å². The first-order valence-corrected chi connectivity index (χ1v) is 4.55. The molecule has 1 aromatic heterocycles. The van der Waals surface area contributed by atoms with Crippen molar-refractivity contribution in [1.82, 2.24) is 14.8 Å². The number of hydrogen-bond acceptors (Lipinski definition) is 3. The third-order valence-corrected chi connectivity index (χ3v) is 2.01. The first-order chi connectivity index (χ1) is 6.93. The first-order valence-electron chi connectivity index (χ1n) is 4.55. The molecular formula is C8H13N3O4. The van der Waals surface area contributed by atoms with Gasteiger partial charge >= 0.3 is 17.3 Å². The SMILES string of the molecule is CC(C)CC(C(=O)O)n1c(=O)[nH][nH]c1=O. The number of aromatic nitrogens is 3. The van der Waals surface area contributed by atoms with Crippen LogP contribution in [0.3, 0.4) is 0 Å². The predicted molar refractivity (Wildman–Crippen MR) is 51.8 cm³/mol. The van der Waals surface area contributed by atoms with Crippen molar-refractivity contribution in [3.05, 3.63) is 21.0 Å². The van der Waals surface area contributed by atoms with Gasteiger partial charge in [-0.25, -0.2) is 29.1 Å². The highest BCUT2D eigenvalue weighted by atomic mass is 16.4. The second-order valence-corrected chi connectivity index (χ2v) is 3.71. The van der Waals surface area contributed by atoms with Crippen LogP contribution in [0.5, 0.6) is 0 Å². The zero-order valence-corrected chi connectivity index (χ0v) is 8.48. The Balaban J connectivity index is 3.16. The Morgan fingerprint density at radius 3 is 2.13 bits per heavy atom. The molecule has 1 rings (SSSR count). The summed E-state index contributed by atoms with van der Waals surface area (Å²) < 4.78 is 0.683. The predicted octanol–water partition coefficient (Wildman–Crippen LogP) is -0.463. The molecule has 0 spiro atoms. The molecule has 1 atom stereocenters. The Morgan fingerprint density at radius 1 is 1.33 bits per heavy atom. The molecule has 0 amide bonds. The molecular weight excluding hydrogens is 202 g/mol. The smallest absolute Gasteiger partial charge is 0.345 e. The van der Waals surface area contributed by atoms with Crippen LogP contribution in [0.25, 0.3) is 0 Å². The Labute approximate surface area is 84.7 Å². The second-order valence-electron chi connectivity index (χ2n) is 3.71. The molecule has 0 aliphatic rings. The van der Waals surface area contributed by atoms with E-state index in [0.29, 0.717) is 4.57 Å². The second kappa shape index (κ2) is 4.16. The number of aliphatic carboxylic acids is 1. The summed E-state index contributed by atoms with van der Waals surface area (Å²) in [5, 5.41) is 13.0. The molecule has 1 heterocycles. The Kier molecular flexibility index (Phi) is 3.13. The summed E-state index contributed by atoms with van der Waals surface area (Å²) in [6.45, 7) is 3.64. The number of carboxylic acids is 1. The molecule has 0 aliphatic heterocycles. The van der Waals surface area contributed by atoms with Crippen LogP contribution >= 0.6 is 0 Å². The van der Waals surface area contributed by atoms with E-state index in [4.69, 9.17) is 5.11 Å².